The van der Waals surface area contributed by atoms with E-state index in [0.717, 1.165) is 36.6 Å². The molecule has 0 aliphatic heterocycles. The van der Waals surface area contributed by atoms with Crippen LogP contribution >= 0.6 is 0 Å². The molecule has 1 fully saturated rings. The zero-order valence-electron chi connectivity index (χ0n) is 13.2. The van der Waals surface area contributed by atoms with Crippen LogP contribution in [-0.4, -0.2) is 15.6 Å². The van der Waals surface area contributed by atoms with Gasteiger partial charge in [-0.2, -0.15) is 5.10 Å². The van der Waals surface area contributed by atoms with Gasteiger partial charge < -0.3 is 0 Å². The molecule has 1 aromatic heterocycles. The Hall–Kier alpha value is -1.12. The molecule has 3 heteroatoms. The van der Waals surface area contributed by atoms with Crippen molar-refractivity contribution in [1.29, 1.82) is 0 Å². The van der Waals surface area contributed by atoms with Crippen molar-refractivity contribution in [3.8, 4) is 0 Å². The van der Waals surface area contributed by atoms with Crippen LogP contribution in [0.3, 0.4) is 0 Å². The maximum absolute atomic E-state index is 12.2. The van der Waals surface area contributed by atoms with E-state index in [1.54, 1.807) is 0 Å². The lowest BCUT2D eigenvalue weighted by molar-refractivity contribution is 0.0986. The van der Waals surface area contributed by atoms with Crippen molar-refractivity contribution in [2.45, 2.75) is 78.7 Å². The summed E-state index contributed by atoms with van der Waals surface area (Å²) in [6, 6.07) is 0. The molecule has 0 N–H and O–H groups in total. The number of nitrogens with zero attached hydrogens (tertiary/aromatic N) is 2. The van der Waals surface area contributed by atoms with Crippen molar-refractivity contribution in [3.05, 3.63) is 17.0 Å². The molecular formula is C17H28N2O. The Balaban J connectivity index is 2.27. The van der Waals surface area contributed by atoms with Crippen molar-refractivity contribution < 1.29 is 4.79 Å². The predicted octanol–water partition coefficient (Wildman–Crippen LogP) is 4.18. The number of rotatable bonds is 6. The first kappa shape index (κ1) is 15.3. The second-order valence-electron chi connectivity index (χ2n) is 5.94. The van der Waals surface area contributed by atoms with Gasteiger partial charge in [-0.05, 0) is 31.6 Å². The number of Topliss-reactive ketones (excluding diaryl/α,β-unsaturated/α-hetero) is 1. The van der Waals surface area contributed by atoms with Crippen LogP contribution in [0.4, 0.5) is 0 Å². The smallest absolute Gasteiger partial charge is 0.166 e. The van der Waals surface area contributed by atoms with E-state index in [1.165, 1.54) is 37.8 Å². The maximum atomic E-state index is 12.2. The average molecular weight is 276 g/mol. The number of carbonyl (C=O) groups is 1. The Morgan fingerprint density at radius 1 is 1.15 bits per heavy atom. The standard InChI is InChI=1S/C17H28N2O/c1-4-14-17(16(20)6-3)15(5-2)19(18-14)12-13-10-8-7-9-11-13/h13H,4-12H2,1-3H3. The molecule has 0 amide bonds. The predicted molar refractivity (Wildman–Crippen MR) is 82.2 cm³/mol. The zero-order chi connectivity index (χ0) is 14.5. The van der Waals surface area contributed by atoms with Gasteiger partial charge in [-0.15, -0.1) is 0 Å². The molecule has 20 heavy (non-hydrogen) atoms. The summed E-state index contributed by atoms with van der Waals surface area (Å²) in [6.07, 6.45) is 9.07. The van der Waals surface area contributed by atoms with Crippen molar-refractivity contribution in [3.63, 3.8) is 0 Å². The summed E-state index contributed by atoms with van der Waals surface area (Å²) in [4.78, 5) is 12.2. The highest BCUT2D eigenvalue weighted by Gasteiger charge is 2.22. The van der Waals surface area contributed by atoms with Crippen LogP contribution in [0.15, 0.2) is 0 Å². The summed E-state index contributed by atoms with van der Waals surface area (Å²) in [5, 5.41) is 4.76. The molecule has 1 heterocycles. The zero-order valence-corrected chi connectivity index (χ0v) is 13.2. The molecule has 0 atom stereocenters. The molecule has 0 spiro atoms. The molecule has 0 unspecified atom stereocenters. The van der Waals surface area contributed by atoms with Gasteiger partial charge in [0.05, 0.1) is 11.3 Å². The molecule has 1 saturated carbocycles. The fourth-order valence-electron chi connectivity index (χ4n) is 3.42. The number of carbonyl (C=O) groups excluding carboxylic acids is 1. The molecular weight excluding hydrogens is 248 g/mol. The summed E-state index contributed by atoms with van der Waals surface area (Å²) in [6.45, 7) is 7.19. The second-order valence-corrected chi connectivity index (χ2v) is 5.94. The molecule has 112 valence electrons. The van der Waals surface area contributed by atoms with E-state index < -0.39 is 0 Å². The lowest BCUT2D eigenvalue weighted by Gasteiger charge is -2.22. The van der Waals surface area contributed by atoms with Crippen molar-refractivity contribution in [2.75, 3.05) is 0 Å². The fourth-order valence-corrected chi connectivity index (χ4v) is 3.42. The topological polar surface area (TPSA) is 34.9 Å². The summed E-state index contributed by atoms with van der Waals surface area (Å²) < 4.78 is 2.15. The van der Waals surface area contributed by atoms with E-state index in [1.807, 2.05) is 6.92 Å². The van der Waals surface area contributed by atoms with Crippen LogP contribution in [0, 0.1) is 5.92 Å². The Morgan fingerprint density at radius 2 is 1.85 bits per heavy atom. The number of ketones is 1. The van der Waals surface area contributed by atoms with Crippen LogP contribution in [0.2, 0.25) is 0 Å². The first-order valence-corrected chi connectivity index (χ1v) is 8.32. The first-order valence-electron chi connectivity index (χ1n) is 8.32. The molecule has 0 radical (unpaired) electrons. The minimum atomic E-state index is 0.258. The van der Waals surface area contributed by atoms with E-state index in [-0.39, 0.29) is 5.78 Å². The summed E-state index contributed by atoms with van der Waals surface area (Å²) in [5.74, 6) is 1.01. The van der Waals surface area contributed by atoms with Gasteiger partial charge in [0.2, 0.25) is 0 Å². The minimum Gasteiger partial charge on any atom is -0.294 e. The minimum absolute atomic E-state index is 0.258. The third-order valence-electron chi connectivity index (χ3n) is 4.56. The Bertz CT molecular complexity index is 456. The fraction of sp³-hybridized carbons (Fsp3) is 0.765. The van der Waals surface area contributed by atoms with Gasteiger partial charge in [0.1, 0.15) is 0 Å². The number of hydrogen-bond acceptors (Lipinski definition) is 2. The third-order valence-corrected chi connectivity index (χ3v) is 4.56. The monoisotopic (exact) mass is 276 g/mol. The van der Waals surface area contributed by atoms with Gasteiger partial charge in [-0.3, -0.25) is 9.48 Å². The summed E-state index contributed by atoms with van der Waals surface area (Å²) >= 11 is 0. The number of hydrogen-bond donors (Lipinski definition) is 0. The largest absolute Gasteiger partial charge is 0.294 e. The maximum Gasteiger partial charge on any atom is 0.166 e. The van der Waals surface area contributed by atoms with E-state index in [4.69, 9.17) is 5.10 Å². The molecule has 0 aromatic carbocycles. The van der Waals surface area contributed by atoms with E-state index >= 15 is 0 Å². The van der Waals surface area contributed by atoms with E-state index in [2.05, 4.69) is 18.5 Å². The molecule has 3 nitrogen and oxygen atoms in total. The van der Waals surface area contributed by atoms with Crippen LogP contribution < -0.4 is 0 Å². The van der Waals surface area contributed by atoms with Crippen molar-refractivity contribution in [2.24, 2.45) is 5.92 Å². The molecule has 2 rings (SSSR count). The van der Waals surface area contributed by atoms with Gasteiger partial charge >= 0.3 is 0 Å². The Labute approximate surface area is 122 Å². The Kier molecular flexibility index (Phi) is 5.38. The average Bonchev–Trinajstić information content (AvgIpc) is 2.85. The lowest BCUT2D eigenvalue weighted by atomic mass is 9.89. The van der Waals surface area contributed by atoms with Gasteiger partial charge in [0, 0.05) is 18.7 Å². The highest BCUT2D eigenvalue weighted by atomic mass is 16.1. The van der Waals surface area contributed by atoms with E-state index in [9.17, 15) is 4.79 Å². The van der Waals surface area contributed by atoms with Gasteiger partial charge in [-0.1, -0.05) is 40.0 Å². The van der Waals surface area contributed by atoms with Crippen LogP contribution in [0.25, 0.3) is 0 Å². The van der Waals surface area contributed by atoms with Crippen LogP contribution in [-0.2, 0) is 19.4 Å². The quantitative estimate of drug-likeness (QED) is 0.730. The second kappa shape index (κ2) is 7.05. The van der Waals surface area contributed by atoms with Gasteiger partial charge in [0.25, 0.3) is 0 Å². The molecule has 1 aliphatic carbocycles. The van der Waals surface area contributed by atoms with Crippen LogP contribution in [0.5, 0.6) is 0 Å². The van der Waals surface area contributed by atoms with Crippen molar-refractivity contribution in [1.82, 2.24) is 9.78 Å². The highest BCUT2D eigenvalue weighted by molar-refractivity contribution is 5.98. The van der Waals surface area contributed by atoms with Gasteiger partial charge in [-0.25, -0.2) is 0 Å². The lowest BCUT2D eigenvalue weighted by Crippen LogP contribution is -2.17. The first-order chi connectivity index (χ1) is 9.71. The number of aryl methyl sites for hydroxylation is 1. The number of aromatic nitrogens is 2. The molecule has 0 bridgehead atoms. The third kappa shape index (κ3) is 3.13. The van der Waals surface area contributed by atoms with Crippen LogP contribution in [0.1, 0.15) is 81.0 Å². The SMILES string of the molecule is CCC(=O)c1c(CC)nn(CC2CCCCC2)c1CC. The van der Waals surface area contributed by atoms with Gasteiger partial charge in [0.15, 0.2) is 5.78 Å². The Morgan fingerprint density at radius 3 is 2.40 bits per heavy atom. The molecule has 0 saturated heterocycles. The summed E-state index contributed by atoms with van der Waals surface area (Å²) in [7, 11) is 0. The highest BCUT2D eigenvalue weighted by Crippen LogP contribution is 2.27. The summed E-state index contributed by atoms with van der Waals surface area (Å²) in [5.41, 5.74) is 3.09. The van der Waals surface area contributed by atoms with E-state index in [0.29, 0.717) is 6.42 Å². The molecule has 1 aliphatic rings. The van der Waals surface area contributed by atoms with Crippen molar-refractivity contribution >= 4 is 5.78 Å². The molecule has 1 aromatic rings. The normalized spacial score (nSPS) is 16.6.